The summed E-state index contributed by atoms with van der Waals surface area (Å²) >= 11 is 0. The molecule has 0 aliphatic heterocycles. The summed E-state index contributed by atoms with van der Waals surface area (Å²) in [4.78, 5) is 23.2. The summed E-state index contributed by atoms with van der Waals surface area (Å²) < 4.78 is 0. The lowest BCUT2D eigenvalue weighted by Crippen LogP contribution is -2.41. The Kier molecular flexibility index (Phi) is 17.4. The van der Waals surface area contributed by atoms with E-state index in [4.69, 9.17) is 11.1 Å². The van der Waals surface area contributed by atoms with Crippen molar-refractivity contribution in [2.24, 2.45) is 5.73 Å². The molecule has 0 aromatic rings. The van der Waals surface area contributed by atoms with E-state index in [9.17, 15) is 14.7 Å². The summed E-state index contributed by atoms with van der Waals surface area (Å²) in [5, 5.41) is 21.5. The molecular weight excluding hydrogens is 356 g/mol. The summed E-state index contributed by atoms with van der Waals surface area (Å²) in [6.45, 7) is 2.67. The zero-order valence-corrected chi connectivity index (χ0v) is 17.7. The van der Waals surface area contributed by atoms with Gasteiger partial charge in [-0.2, -0.15) is 0 Å². The average molecular weight is 399 g/mol. The van der Waals surface area contributed by atoms with Crippen molar-refractivity contribution in [1.29, 1.82) is 5.41 Å². The molecule has 1 atom stereocenters. The number of carbonyl (C=O) groups excluding carboxylic acids is 1. The highest BCUT2D eigenvalue weighted by molar-refractivity contribution is 5.83. The molecule has 7 nitrogen and oxygen atoms in total. The van der Waals surface area contributed by atoms with Gasteiger partial charge in [0.05, 0.1) is 0 Å². The maximum absolute atomic E-state index is 11.9. The topological polar surface area (TPSA) is 128 Å². The summed E-state index contributed by atoms with van der Waals surface area (Å²) in [6, 6.07) is -0.876. The van der Waals surface area contributed by atoms with Crippen LogP contribution in [0.3, 0.4) is 0 Å². The summed E-state index contributed by atoms with van der Waals surface area (Å²) in [7, 11) is 0. The fourth-order valence-corrected chi connectivity index (χ4v) is 3.18. The van der Waals surface area contributed by atoms with E-state index >= 15 is 0 Å². The molecular formula is C21H42N4O3. The van der Waals surface area contributed by atoms with Crippen LogP contribution in [0, 0.1) is 5.41 Å². The van der Waals surface area contributed by atoms with E-state index in [1.807, 2.05) is 0 Å². The van der Waals surface area contributed by atoms with E-state index in [0.717, 1.165) is 19.3 Å². The largest absolute Gasteiger partial charge is 0.480 e. The summed E-state index contributed by atoms with van der Waals surface area (Å²) in [5.74, 6) is -1.35. The van der Waals surface area contributed by atoms with Gasteiger partial charge in [-0.25, -0.2) is 4.79 Å². The first-order valence-electron chi connectivity index (χ1n) is 11.1. The van der Waals surface area contributed by atoms with Gasteiger partial charge in [0.2, 0.25) is 5.91 Å². The zero-order valence-electron chi connectivity index (χ0n) is 17.7. The Balaban J connectivity index is 3.60. The summed E-state index contributed by atoms with van der Waals surface area (Å²) in [5.41, 5.74) is 5.17. The number of carboxylic acids is 1. The molecule has 0 spiro atoms. The Hall–Kier alpha value is -1.79. The van der Waals surface area contributed by atoms with Gasteiger partial charge >= 0.3 is 5.97 Å². The molecule has 0 aliphatic carbocycles. The molecule has 0 aromatic carbocycles. The van der Waals surface area contributed by atoms with Crippen LogP contribution in [0.15, 0.2) is 0 Å². The Morgan fingerprint density at radius 1 is 0.893 bits per heavy atom. The number of hydrogen-bond donors (Lipinski definition) is 5. The first-order valence-corrected chi connectivity index (χ1v) is 11.1. The molecule has 0 saturated heterocycles. The Morgan fingerprint density at radius 3 is 1.86 bits per heavy atom. The van der Waals surface area contributed by atoms with Gasteiger partial charge in [-0.3, -0.25) is 10.2 Å². The predicted octanol–water partition coefficient (Wildman–Crippen LogP) is 3.91. The number of aliphatic carboxylic acids is 1. The second-order valence-electron chi connectivity index (χ2n) is 7.58. The third-order valence-electron chi connectivity index (χ3n) is 4.88. The van der Waals surface area contributed by atoms with Gasteiger partial charge in [0.25, 0.3) is 0 Å². The van der Waals surface area contributed by atoms with Crippen LogP contribution in [-0.4, -0.2) is 35.5 Å². The van der Waals surface area contributed by atoms with Gasteiger partial charge in [-0.15, -0.1) is 0 Å². The number of nitrogens with two attached hydrogens (primary N) is 1. The van der Waals surface area contributed by atoms with Crippen molar-refractivity contribution in [1.82, 2.24) is 10.6 Å². The molecule has 164 valence electrons. The minimum absolute atomic E-state index is 0.136. The van der Waals surface area contributed by atoms with Crippen LogP contribution in [-0.2, 0) is 9.59 Å². The number of carbonyl (C=O) groups is 2. The SMILES string of the molecule is CCCCCCCCCCCCCCC(=O)N[C@@H](CCCNC(=N)N)C(=O)O. The van der Waals surface area contributed by atoms with Crippen LogP contribution in [0.1, 0.15) is 103 Å². The van der Waals surface area contributed by atoms with Gasteiger partial charge in [-0.1, -0.05) is 77.6 Å². The van der Waals surface area contributed by atoms with Crippen LogP contribution < -0.4 is 16.4 Å². The van der Waals surface area contributed by atoms with Crippen LogP contribution in [0.5, 0.6) is 0 Å². The maximum atomic E-state index is 11.9. The number of hydrogen-bond acceptors (Lipinski definition) is 3. The minimum Gasteiger partial charge on any atom is -0.480 e. The smallest absolute Gasteiger partial charge is 0.326 e. The predicted molar refractivity (Wildman–Crippen MR) is 114 cm³/mol. The number of guanidine groups is 1. The molecule has 0 fully saturated rings. The third-order valence-corrected chi connectivity index (χ3v) is 4.88. The minimum atomic E-state index is -1.02. The number of rotatable bonds is 19. The third kappa shape index (κ3) is 17.6. The van der Waals surface area contributed by atoms with Gasteiger partial charge in [0.15, 0.2) is 5.96 Å². The fraction of sp³-hybridized carbons (Fsp3) is 0.857. The molecule has 28 heavy (non-hydrogen) atoms. The van der Waals surface area contributed by atoms with Crippen molar-refractivity contribution in [3.8, 4) is 0 Å². The van der Waals surface area contributed by atoms with Gasteiger partial charge in [-0.05, 0) is 19.3 Å². The molecule has 0 unspecified atom stereocenters. The van der Waals surface area contributed by atoms with Crippen molar-refractivity contribution in [2.75, 3.05) is 6.54 Å². The van der Waals surface area contributed by atoms with Crippen molar-refractivity contribution in [3.05, 3.63) is 0 Å². The fourth-order valence-electron chi connectivity index (χ4n) is 3.18. The first kappa shape index (κ1) is 26.2. The molecule has 0 aliphatic rings. The second kappa shape index (κ2) is 18.6. The van der Waals surface area contributed by atoms with Crippen molar-refractivity contribution in [3.63, 3.8) is 0 Å². The molecule has 0 saturated carbocycles. The number of unbranched alkanes of at least 4 members (excludes halogenated alkanes) is 11. The monoisotopic (exact) mass is 398 g/mol. The van der Waals surface area contributed by atoms with Crippen molar-refractivity contribution < 1.29 is 14.7 Å². The normalized spacial score (nSPS) is 11.8. The van der Waals surface area contributed by atoms with Crippen LogP contribution in [0.25, 0.3) is 0 Å². The summed E-state index contributed by atoms with van der Waals surface area (Å²) in [6.07, 6.45) is 16.1. The van der Waals surface area contributed by atoms with E-state index in [1.54, 1.807) is 0 Å². The quantitative estimate of drug-likeness (QED) is 0.128. The Bertz CT molecular complexity index is 430. The van der Waals surface area contributed by atoms with Crippen molar-refractivity contribution >= 4 is 17.8 Å². The van der Waals surface area contributed by atoms with Gasteiger partial charge in [0.1, 0.15) is 6.04 Å². The van der Waals surface area contributed by atoms with E-state index in [2.05, 4.69) is 17.6 Å². The molecule has 0 bridgehead atoms. The van der Waals surface area contributed by atoms with Gasteiger partial charge in [0, 0.05) is 13.0 Å². The number of nitrogens with one attached hydrogen (secondary N) is 3. The number of carboxylic acid groups (broad SMARTS) is 1. The van der Waals surface area contributed by atoms with Gasteiger partial charge < -0.3 is 21.5 Å². The lowest BCUT2D eigenvalue weighted by atomic mass is 10.0. The zero-order chi connectivity index (χ0) is 21.0. The molecule has 0 aromatic heterocycles. The molecule has 1 amide bonds. The van der Waals surface area contributed by atoms with Crippen molar-refractivity contribution in [2.45, 2.75) is 109 Å². The molecule has 0 heterocycles. The Labute approximate surface area is 170 Å². The van der Waals surface area contributed by atoms with Crippen LogP contribution >= 0.6 is 0 Å². The second-order valence-corrected chi connectivity index (χ2v) is 7.58. The standard InChI is InChI=1S/C21H42N4O3/c1-2-3-4-5-6-7-8-9-10-11-12-13-16-19(26)25-18(20(27)28)15-14-17-24-21(22)23/h18H,2-17H2,1H3,(H,25,26)(H,27,28)(H4,22,23,24)/t18-/m0/s1. The first-order chi connectivity index (χ1) is 13.5. The highest BCUT2D eigenvalue weighted by atomic mass is 16.4. The van der Waals surface area contributed by atoms with E-state index < -0.39 is 12.0 Å². The molecule has 6 N–H and O–H groups in total. The average Bonchev–Trinajstić information content (AvgIpc) is 2.64. The van der Waals surface area contributed by atoms with E-state index in [-0.39, 0.29) is 11.9 Å². The molecule has 0 rings (SSSR count). The van der Waals surface area contributed by atoms with Crippen LogP contribution in [0.2, 0.25) is 0 Å². The van der Waals surface area contributed by atoms with Crippen LogP contribution in [0.4, 0.5) is 0 Å². The highest BCUT2D eigenvalue weighted by Gasteiger charge is 2.19. The highest BCUT2D eigenvalue weighted by Crippen LogP contribution is 2.12. The molecule has 7 heteroatoms. The maximum Gasteiger partial charge on any atom is 0.326 e. The number of amides is 1. The lowest BCUT2D eigenvalue weighted by Gasteiger charge is -2.14. The molecule has 0 radical (unpaired) electrons. The Morgan fingerprint density at radius 2 is 1.39 bits per heavy atom. The lowest BCUT2D eigenvalue weighted by molar-refractivity contribution is -0.142. The van der Waals surface area contributed by atoms with E-state index in [0.29, 0.717) is 25.8 Å². The van der Waals surface area contributed by atoms with E-state index in [1.165, 1.54) is 57.8 Å².